The molecule has 0 saturated heterocycles. The van der Waals surface area contributed by atoms with Crippen LogP contribution in [0.4, 0.5) is 5.69 Å². The first kappa shape index (κ1) is 16.6. The van der Waals surface area contributed by atoms with Gasteiger partial charge in [0, 0.05) is 23.6 Å². The predicted molar refractivity (Wildman–Crippen MR) is 77.6 cm³/mol. The molecule has 0 unspecified atom stereocenters. The number of esters is 1. The van der Waals surface area contributed by atoms with E-state index in [1.54, 1.807) is 26.8 Å². The Bertz CT molecular complexity index is 584. The van der Waals surface area contributed by atoms with Gasteiger partial charge in [-0.3, -0.25) is 14.9 Å². The number of nitro benzene ring substituents is 1. The van der Waals surface area contributed by atoms with Crippen LogP contribution in [0.3, 0.4) is 0 Å². The quantitative estimate of drug-likeness (QED) is 0.360. The Morgan fingerprint density at radius 3 is 2.57 bits per heavy atom. The van der Waals surface area contributed by atoms with E-state index in [0.29, 0.717) is 5.56 Å². The van der Waals surface area contributed by atoms with Gasteiger partial charge in [-0.2, -0.15) is 0 Å². The van der Waals surface area contributed by atoms with Gasteiger partial charge in [-0.15, -0.1) is 0 Å². The lowest BCUT2D eigenvalue weighted by Gasteiger charge is -2.15. The van der Waals surface area contributed by atoms with Gasteiger partial charge in [0.15, 0.2) is 12.4 Å². The molecule has 6 nitrogen and oxygen atoms in total. The SMILES string of the molecule is CC(C)(C)C(=O)COC(=O)/C=C/c1cccc([N+](=O)[O-])c1. The summed E-state index contributed by atoms with van der Waals surface area (Å²) in [4.78, 5) is 33.2. The normalized spacial score (nSPS) is 11.4. The fraction of sp³-hybridized carbons (Fsp3) is 0.333. The van der Waals surface area contributed by atoms with E-state index >= 15 is 0 Å². The molecular weight excluding hydrogens is 274 g/mol. The van der Waals surface area contributed by atoms with Gasteiger partial charge >= 0.3 is 5.97 Å². The maximum Gasteiger partial charge on any atom is 0.331 e. The summed E-state index contributed by atoms with van der Waals surface area (Å²) in [5, 5.41) is 10.6. The Morgan fingerprint density at radius 2 is 2.00 bits per heavy atom. The van der Waals surface area contributed by atoms with Gasteiger partial charge in [0.25, 0.3) is 5.69 Å². The summed E-state index contributed by atoms with van der Waals surface area (Å²) >= 11 is 0. The number of nitrogens with zero attached hydrogens (tertiary/aromatic N) is 1. The van der Waals surface area contributed by atoms with Crippen molar-refractivity contribution in [3.63, 3.8) is 0 Å². The molecule has 0 fully saturated rings. The lowest BCUT2D eigenvalue weighted by atomic mass is 9.91. The lowest BCUT2D eigenvalue weighted by molar-refractivity contribution is -0.384. The second kappa shape index (κ2) is 6.78. The van der Waals surface area contributed by atoms with E-state index in [2.05, 4.69) is 0 Å². The summed E-state index contributed by atoms with van der Waals surface area (Å²) in [7, 11) is 0. The van der Waals surface area contributed by atoms with Crippen LogP contribution in [0.15, 0.2) is 30.3 Å². The second-order valence-corrected chi connectivity index (χ2v) is 5.47. The number of rotatable bonds is 5. The molecule has 0 heterocycles. The molecule has 0 bridgehead atoms. The van der Waals surface area contributed by atoms with Crippen molar-refractivity contribution in [2.24, 2.45) is 5.41 Å². The first-order chi connectivity index (χ1) is 9.70. The van der Waals surface area contributed by atoms with E-state index in [1.165, 1.54) is 24.3 Å². The molecule has 0 atom stereocenters. The van der Waals surface area contributed by atoms with Crippen LogP contribution in [-0.2, 0) is 14.3 Å². The molecule has 0 N–H and O–H groups in total. The van der Waals surface area contributed by atoms with Gasteiger partial charge in [0.05, 0.1) is 4.92 Å². The molecule has 0 aromatic heterocycles. The molecule has 0 amide bonds. The second-order valence-electron chi connectivity index (χ2n) is 5.47. The monoisotopic (exact) mass is 291 g/mol. The van der Waals surface area contributed by atoms with Crippen LogP contribution >= 0.6 is 0 Å². The van der Waals surface area contributed by atoms with Crippen LogP contribution in [0.25, 0.3) is 6.08 Å². The van der Waals surface area contributed by atoms with Crippen LogP contribution < -0.4 is 0 Å². The van der Waals surface area contributed by atoms with Crippen LogP contribution in [0.2, 0.25) is 0 Å². The molecule has 0 aliphatic carbocycles. The zero-order valence-corrected chi connectivity index (χ0v) is 12.2. The highest BCUT2D eigenvalue weighted by atomic mass is 16.6. The Morgan fingerprint density at radius 1 is 1.33 bits per heavy atom. The van der Waals surface area contributed by atoms with E-state index in [9.17, 15) is 19.7 Å². The van der Waals surface area contributed by atoms with Crippen molar-refractivity contribution in [1.29, 1.82) is 0 Å². The summed E-state index contributed by atoms with van der Waals surface area (Å²) in [6.07, 6.45) is 2.53. The minimum Gasteiger partial charge on any atom is -0.455 e. The van der Waals surface area contributed by atoms with Gasteiger partial charge < -0.3 is 4.74 Å². The van der Waals surface area contributed by atoms with Crippen LogP contribution in [0.1, 0.15) is 26.3 Å². The fourth-order valence-corrected chi connectivity index (χ4v) is 1.31. The van der Waals surface area contributed by atoms with E-state index in [1.807, 2.05) is 0 Å². The fourth-order valence-electron chi connectivity index (χ4n) is 1.31. The van der Waals surface area contributed by atoms with E-state index in [-0.39, 0.29) is 18.1 Å². The number of nitro groups is 1. The highest BCUT2D eigenvalue weighted by molar-refractivity contribution is 5.91. The van der Waals surface area contributed by atoms with Crippen molar-refractivity contribution >= 4 is 23.5 Å². The molecule has 0 aliphatic rings. The molecule has 0 aliphatic heterocycles. The van der Waals surface area contributed by atoms with Gasteiger partial charge in [-0.05, 0) is 11.6 Å². The topological polar surface area (TPSA) is 86.5 Å². The summed E-state index contributed by atoms with van der Waals surface area (Å²) in [5.74, 6) is -0.848. The standard InChI is InChI=1S/C15H17NO5/c1-15(2,3)13(17)10-21-14(18)8-7-11-5-4-6-12(9-11)16(19)20/h4-9H,10H2,1-3H3/b8-7+. The van der Waals surface area contributed by atoms with Crippen molar-refractivity contribution in [3.8, 4) is 0 Å². The van der Waals surface area contributed by atoms with Gasteiger partial charge in [0.2, 0.25) is 0 Å². The zero-order valence-electron chi connectivity index (χ0n) is 12.2. The Hall–Kier alpha value is -2.50. The maximum absolute atomic E-state index is 11.6. The minimum absolute atomic E-state index is 0.0616. The number of ketones is 1. The van der Waals surface area contributed by atoms with Crippen LogP contribution in [0, 0.1) is 15.5 Å². The molecule has 0 spiro atoms. The summed E-state index contributed by atoms with van der Waals surface area (Å²) in [5.41, 5.74) is -0.124. The van der Waals surface area contributed by atoms with Gasteiger partial charge in [0.1, 0.15) is 0 Å². The third-order valence-electron chi connectivity index (χ3n) is 2.67. The van der Waals surface area contributed by atoms with Crippen LogP contribution in [-0.4, -0.2) is 23.3 Å². The molecule has 1 aromatic carbocycles. The Labute approximate surface area is 122 Å². The number of ether oxygens (including phenoxy) is 1. The molecule has 0 saturated carbocycles. The van der Waals surface area contributed by atoms with Crippen molar-refractivity contribution in [1.82, 2.24) is 0 Å². The summed E-state index contributed by atoms with van der Waals surface area (Å²) in [6, 6.07) is 5.84. The molecule has 6 heteroatoms. The minimum atomic E-state index is -0.667. The number of non-ortho nitro benzene ring substituents is 1. The smallest absolute Gasteiger partial charge is 0.331 e. The van der Waals surface area contributed by atoms with Crippen molar-refractivity contribution < 1.29 is 19.2 Å². The Kier molecular flexibility index (Phi) is 5.35. The van der Waals surface area contributed by atoms with E-state index < -0.39 is 16.3 Å². The third kappa shape index (κ3) is 5.56. The largest absolute Gasteiger partial charge is 0.455 e. The zero-order chi connectivity index (χ0) is 16.0. The van der Waals surface area contributed by atoms with Crippen molar-refractivity contribution in [2.45, 2.75) is 20.8 Å². The molecule has 112 valence electrons. The Balaban J connectivity index is 2.61. The third-order valence-corrected chi connectivity index (χ3v) is 2.67. The molecular formula is C15H17NO5. The van der Waals surface area contributed by atoms with Crippen molar-refractivity contribution in [3.05, 3.63) is 46.0 Å². The molecule has 1 rings (SSSR count). The van der Waals surface area contributed by atoms with E-state index in [0.717, 1.165) is 6.08 Å². The average molecular weight is 291 g/mol. The van der Waals surface area contributed by atoms with Crippen LogP contribution in [0.5, 0.6) is 0 Å². The number of Topliss-reactive ketones (excluding diaryl/α,β-unsaturated/α-hetero) is 1. The number of hydrogen-bond acceptors (Lipinski definition) is 5. The number of benzene rings is 1. The number of hydrogen-bond donors (Lipinski definition) is 0. The molecule has 0 radical (unpaired) electrons. The highest BCUT2D eigenvalue weighted by Gasteiger charge is 2.21. The summed E-state index contributed by atoms with van der Waals surface area (Å²) < 4.78 is 4.82. The first-order valence-corrected chi connectivity index (χ1v) is 6.33. The maximum atomic E-state index is 11.6. The first-order valence-electron chi connectivity index (χ1n) is 6.33. The number of carbonyl (C=O) groups excluding carboxylic acids is 2. The average Bonchev–Trinajstić information content (AvgIpc) is 2.41. The van der Waals surface area contributed by atoms with Gasteiger partial charge in [-0.1, -0.05) is 32.9 Å². The predicted octanol–water partition coefficient (Wildman–Crippen LogP) is 2.77. The molecule has 21 heavy (non-hydrogen) atoms. The lowest BCUT2D eigenvalue weighted by Crippen LogP contribution is -2.25. The molecule has 1 aromatic rings. The van der Waals surface area contributed by atoms with Crippen molar-refractivity contribution in [2.75, 3.05) is 6.61 Å². The summed E-state index contributed by atoms with van der Waals surface area (Å²) in [6.45, 7) is 4.92. The van der Waals surface area contributed by atoms with Gasteiger partial charge in [-0.25, -0.2) is 4.79 Å². The number of carbonyl (C=O) groups is 2. The highest BCUT2D eigenvalue weighted by Crippen LogP contribution is 2.15. The van der Waals surface area contributed by atoms with E-state index in [4.69, 9.17) is 4.74 Å².